The lowest BCUT2D eigenvalue weighted by Gasteiger charge is -2.23. The number of anilines is 1. The Bertz CT molecular complexity index is 1220. The third-order valence-electron chi connectivity index (χ3n) is 5.43. The molecule has 0 radical (unpaired) electrons. The molecule has 0 spiro atoms. The fraction of sp³-hybridized carbons (Fsp3) is 0.190. The highest BCUT2D eigenvalue weighted by molar-refractivity contribution is 6.08. The molecule has 152 valence electrons. The van der Waals surface area contributed by atoms with E-state index in [1.54, 1.807) is 30.3 Å². The molecule has 1 amide bonds. The first-order valence-electron chi connectivity index (χ1n) is 9.12. The molecule has 0 N–H and O–H groups in total. The number of benzene rings is 2. The maximum absolute atomic E-state index is 13.4. The van der Waals surface area contributed by atoms with Crippen LogP contribution in [0.1, 0.15) is 28.6 Å². The van der Waals surface area contributed by atoms with Gasteiger partial charge in [-0.25, -0.2) is 0 Å². The van der Waals surface area contributed by atoms with Gasteiger partial charge in [0.15, 0.2) is 11.5 Å². The van der Waals surface area contributed by atoms with Crippen molar-refractivity contribution in [2.24, 2.45) is 0 Å². The third kappa shape index (κ3) is 2.35. The number of hydrogen-bond acceptors (Lipinski definition) is 5. The normalized spacial score (nSPS) is 18.3. The lowest BCUT2D eigenvalue weighted by Crippen LogP contribution is -2.28. The number of halogens is 3. The molecule has 1 unspecified atom stereocenters. The van der Waals surface area contributed by atoms with Crippen molar-refractivity contribution in [1.29, 1.82) is 0 Å². The number of fused-ring (bicyclic) bond motifs is 3. The summed E-state index contributed by atoms with van der Waals surface area (Å²) in [5.41, 5.74) is 1.88. The van der Waals surface area contributed by atoms with E-state index in [9.17, 15) is 18.0 Å². The largest absolute Gasteiger partial charge is 0.456 e. The molecule has 2 aromatic carbocycles. The number of carbonyl (C=O) groups excluding carboxylic acids is 1. The van der Waals surface area contributed by atoms with Gasteiger partial charge in [-0.3, -0.25) is 4.79 Å². The number of alkyl halides is 3. The predicted octanol–water partition coefficient (Wildman–Crippen LogP) is 4.81. The molecule has 0 fully saturated rings. The number of furan rings is 1. The Labute approximate surface area is 167 Å². The smallest absolute Gasteiger partial charge is 0.449 e. The first-order chi connectivity index (χ1) is 14.4. The van der Waals surface area contributed by atoms with Crippen LogP contribution in [0, 0.1) is 0 Å². The zero-order chi connectivity index (χ0) is 20.6. The predicted molar refractivity (Wildman–Crippen MR) is 95.8 cm³/mol. The molecule has 9 heteroatoms. The third-order valence-corrected chi connectivity index (χ3v) is 5.43. The minimum absolute atomic E-state index is 0.0405. The second-order valence-corrected chi connectivity index (χ2v) is 7.16. The fourth-order valence-corrected chi connectivity index (χ4v) is 4.14. The second-order valence-electron chi connectivity index (χ2n) is 7.16. The summed E-state index contributed by atoms with van der Waals surface area (Å²) in [5, 5.41) is 0. The number of rotatable bonds is 2. The minimum atomic E-state index is -4.58. The van der Waals surface area contributed by atoms with E-state index in [0.29, 0.717) is 39.8 Å². The quantitative estimate of drug-likeness (QED) is 0.601. The van der Waals surface area contributed by atoms with E-state index in [0.717, 1.165) is 6.07 Å². The molecule has 3 aromatic rings. The van der Waals surface area contributed by atoms with Crippen molar-refractivity contribution in [3.8, 4) is 23.0 Å². The van der Waals surface area contributed by atoms with Gasteiger partial charge in [0.2, 0.25) is 18.5 Å². The summed E-state index contributed by atoms with van der Waals surface area (Å²) in [6, 6.07) is 10.7. The van der Waals surface area contributed by atoms with Crippen LogP contribution in [0.25, 0.3) is 0 Å². The van der Waals surface area contributed by atoms with Crippen molar-refractivity contribution in [1.82, 2.24) is 0 Å². The van der Waals surface area contributed by atoms with Gasteiger partial charge in [0.05, 0.1) is 18.2 Å². The molecule has 0 aliphatic carbocycles. The Hall–Kier alpha value is -3.62. The highest BCUT2D eigenvalue weighted by Gasteiger charge is 2.45. The van der Waals surface area contributed by atoms with Crippen LogP contribution in [0.5, 0.6) is 23.0 Å². The molecule has 1 atom stereocenters. The van der Waals surface area contributed by atoms with E-state index >= 15 is 0 Å². The zero-order valence-electron chi connectivity index (χ0n) is 15.2. The average Bonchev–Trinajstić information content (AvgIpc) is 3.41. The molecule has 1 aromatic heterocycles. The number of nitrogens with zero attached hydrogens (tertiary/aromatic N) is 1. The Kier molecular flexibility index (Phi) is 3.29. The summed E-state index contributed by atoms with van der Waals surface area (Å²) in [6.45, 7) is -0.0387. The van der Waals surface area contributed by atoms with Gasteiger partial charge in [-0.15, -0.1) is 0 Å². The van der Waals surface area contributed by atoms with Crippen molar-refractivity contribution < 1.29 is 36.6 Å². The van der Waals surface area contributed by atoms with Gasteiger partial charge >= 0.3 is 6.18 Å². The number of carbonyl (C=O) groups is 1. The highest BCUT2D eigenvalue weighted by Crippen LogP contribution is 2.55. The van der Waals surface area contributed by atoms with E-state index in [1.807, 2.05) is 0 Å². The highest BCUT2D eigenvalue weighted by atomic mass is 19.4. The van der Waals surface area contributed by atoms with Gasteiger partial charge in [-0.1, -0.05) is 6.07 Å². The van der Waals surface area contributed by atoms with Crippen molar-refractivity contribution >= 4 is 11.6 Å². The minimum Gasteiger partial charge on any atom is -0.456 e. The molecule has 0 bridgehead atoms. The van der Waals surface area contributed by atoms with Gasteiger partial charge in [0.25, 0.3) is 0 Å². The van der Waals surface area contributed by atoms with E-state index in [2.05, 4.69) is 0 Å². The number of ether oxygens (including phenoxy) is 3. The van der Waals surface area contributed by atoms with E-state index in [4.69, 9.17) is 18.6 Å². The SMILES string of the molecule is O=C1C2c3cc4c(cc3Oc3cccc(c32)N1Cc1ccc(C(F)(F)F)o1)OCO4. The fourth-order valence-electron chi connectivity index (χ4n) is 4.14. The standard InChI is InChI=1S/C21H12F3NO5/c22-21(23,24)17-5-4-10(29-17)8-25-12-2-1-3-13-19(12)18(20(25)26)11-6-15-16(28-9-27-15)7-14(11)30-13/h1-7,18H,8-9H2. The van der Waals surface area contributed by atoms with Crippen LogP contribution in [0.15, 0.2) is 46.9 Å². The molecular weight excluding hydrogens is 403 g/mol. The Morgan fingerprint density at radius 3 is 2.57 bits per heavy atom. The molecule has 4 heterocycles. The Morgan fingerprint density at radius 2 is 1.80 bits per heavy atom. The van der Waals surface area contributed by atoms with Crippen LogP contribution in [-0.4, -0.2) is 12.7 Å². The number of amides is 1. The van der Waals surface area contributed by atoms with Gasteiger partial charge in [-0.2, -0.15) is 13.2 Å². The van der Waals surface area contributed by atoms with Gasteiger partial charge < -0.3 is 23.5 Å². The van der Waals surface area contributed by atoms with Crippen LogP contribution >= 0.6 is 0 Å². The summed E-state index contributed by atoms with van der Waals surface area (Å²) < 4.78 is 60.4. The van der Waals surface area contributed by atoms with Crippen LogP contribution in [0.3, 0.4) is 0 Å². The molecule has 6 rings (SSSR count). The van der Waals surface area contributed by atoms with Crippen molar-refractivity contribution in [2.75, 3.05) is 11.7 Å². The number of hydrogen-bond donors (Lipinski definition) is 0. The van der Waals surface area contributed by atoms with Crippen molar-refractivity contribution in [2.45, 2.75) is 18.6 Å². The topological polar surface area (TPSA) is 61.1 Å². The molecule has 0 saturated heterocycles. The first kappa shape index (κ1) is 17.3. The van der Waals surface area contributed by atoms with E-state index < -0.39 is 17.9 Å². The summed E-state index contributed by atoms with van der Waals surface area (Å²) in [5.74, 6) is 0.0874. The first-order valence-corrected chi connectivity index (χ1v) is 9.12. The zero-order valence-corrected chi connectivity index (χ0v) is 15.2. The lowest BCUT2D eigenvalue weighted by atomic mass is 9.89. The maximum Gasteiger partial charge on any atom is 0.449 e. The molecule has 3 aliphatic rings. The van der Waals surface area contributed by atoms with Crippen LogP contribution in [0.4, 0.5) is 18.9 Å². The molecule has 30 heavy (non-hydrogen) atoms. The summed E-state index contributed by atoms with van der Waals surface area (Å²) in [6.07, 6.45) is -4.58. The molecule has 6 nitrogen and oxygen atoms in total. The summed E-state index contributed by atoms with van der Waals surface area (Å²) in [7, 11) is 0. The Morgan fingerprint density at radius 1 is 1.00 bits per heavy atom. The maximum atomic E-state index is 13.4. The van der Waals surface area contributed by atoms with Crippen LogP contribution in [0.2, 0.25) is 0 Å². The van der Waals surface area contributed by atoms with Crippen molar-refractivity contribution in [3.05, 3.63) is 65.1 Å². The summed E-state index contributed by atoms with van der Waals surface area (Å²) in [4.78, 5) is 14.8. The lowest BCUT2D eigenvalue weighted by molar-refractivity contribution is -0.153. The molecular formula is C21H12F3NO5. The van der Waals surface area contributed by atoms with Gasteiger partial charge in [0.1, 0.15) is 17.3 Å². The Balaban J connectivity index is 1.42. The van der Waals surface area contributed by atoms with Crippen LogP contribution < -0.4 is 19.1 Å². The molecule has 0 saturated carbocycles. The second kappa shape index (κ2) is 5.71. The molecule has 3 aliphatic heterocycles. The van der Waals surface area contributed by atoms with E-state index in [1.165, 1.54) is 11.0 Å². The summed E-state index contributed by atoms with van der Waals surface area (Å²) >= 11 is 0. The van der Waals surface area contributed by atoms with E-state index in [-0.39, 0.29) is 25.0 Å². The van der Waals surface area contributed by atoms with Crippen LogP contribution in [-0.2, 0) is 17.5 Å². The monoisotopic (exact) mass is 415 g/mol. The van der Waals surface area contributed by atoms with Crippen molar-refractivity contribution in [3.63, 3.8) is 0 Å². The van der Waals surface area contributed by atoms with Gasteiger partial charge in [0, 0.05) is 17.2 Å². The average molecular weight is 415 g/mol. The van der Waals surface area contributed by atoms with Gasteiger partial charge in [-0.05, 0) is 30.3 Å².